The number of aromatic nitrogens is 2. The molecule has 21 heavy (non-hydrogen) atoms. The average molecular weight is 319 g/mol. The van der Waals surface area contributed by atoms with E-state index in [0.29, 0.717) is 15.7 Å². The van der Waals surface area contributed by atoms with E-state index in [1.54, 1.807) is 24.3 Å². The number of alkyl halides is 3. The molecule has 0 atom stereocenters. The standard InChI is InChI=1S/C13H10ClF3N2O2/c14-9-3-1-8(2-4-9)5-6-19-10(13(15,16)17)7-11(20)18-12(19)21/h1-4,7H,5-6H2,(H,18,20,21). The van der Waals surface area contributed by atoms with Crippen LogP contribution in [-0.4, -0.2) is 9.55 Å². The lowest BCUT2D eigenvalue weighted by Crippen LogP contribution is -2.35. The number of rotatable bonds is 3. The van der Waals surface area contributed by atoms with Crippen LogP contribution < -0.4 is 11.2 Å². The first kappa shape index (κ1) is 15.4. The van der Waals surface area contributed by atoms with Crippen molar-refractivity contribution in [3.05, 3.63) is 67.4 Å². The molecule has 4 nitrogen and oxygen atoms in total. The lowest BCUT2D eigenvalue weighted by Gasteiger charge is -2.14. The van der Waals surface area contributed by atoms with Crippen LogP contribution in [0.1, 0.15) is 11.3 Å². The fourth-order valence-electron chi connectivity index (χ4n) is 1.87. The second kappa shape index (κ2) is 5.77. The van der Waals surface area contributed by atoms with Crippen LogP contribution in [0.4, 0.5) is 13.2 Å². The summed E-state index contributed by atoms with van der Waals surface area (Å²) in [6.07, 6.45) is -4.57. The summed E-state index contributed by atoms with van der Waals surface area (Å²) in [5, 5.41) is 0.510. The number of hydrogen-bond acceptors (Lipinski definition) is 2. The molecule has 1 N–H and O–H groups in total. The number of benzene rings is 1. The smallest absolute Gasteiger partial charge is 0.289 e. The van der Waals surface area contributed by atoms with Crippen LogP contribution in [0, 0.1) is 0 Å². The van der Waals surface area contributed by atoms with Gasteiger partial charge in [-0.15, -0.1) is 0 Å². The van der Waals surface area contributed by atoms with E-state index < -0.39 is 23.1 Å². The number of aryl methyl sites for hydroxylation is 1. The highest BCUT2D eigenvalue weighted by Crippen LogP contribution is 2.27. The quantitative estimate of drug-likeness (QED) is 0.945. The largest absolute Gasteiger partial charge is 0.431 e. The third-order valence-electron chi connectivity index (χ3n) is 2.86. The lowest BCUT2D eigenvalue weighted by atomic mass is 10.1. The van der Waals surface area contributed by atoms with Gasteiger partial charge in [0.15, 0.2) is 0 Å². The van der Waals surface area contributed by atoms with Gasteiger partial charge >= 0.3 is 11.9 Å². The van der Waals surface area contributed by atoms with Crippen molar-refractivity contribution in [1.82, 2.24) is 9.55 Å². The van der Waals surface area contributed by atoms with Gasteiger partial charge in [-0.25, -0.2) is 4.79 Å². The molecular formula is C13H10ClF3N2O2. The van der Waals surface area contributed by atoms with Gasteiger partial charge in [0.25, 0.3) is 5.56 Å². The Labute approximate surface area is 121 Å². The molecule has 1 heterocycles. The summed E-state index contributed by atoms with van der Waals surface area (Å²) in [6, 6.07) is 6.91. The summed E-state index contributed by atoms with van der Waals surface area (Å²) in [7, 11) is 0. The molecule has 0 radical (unpaired) electrons. The van der Waals surface area contributed by atoms with Gasteiger partial charge in [-0.2, -0.15) is 13.2 Å². The van der Waals surface area contributed by atoms with E-state index in [2.05, 4.69) is 0 Å². The number of halogens is 4. The predicted octanol–water partition coefficient (Wildman–Crippen LogP) is 2.45. The molecule has 112 valence electrons. The Hall–Kier alpha value is -2.02. The molecule has 1 aromatic carbocycles. The Kier molecular flexibility index (Phi) is 4.22. The molecule has 2 aromatic rings. The van der Waals surface area contributed by atoms with Crippen LogP contribution >= 0.6 is 11.6 Å². The highest BCUT2D eigenvalue weighted by atomic mass is 35.5. The Balaban J connectivity index is 2.33. The lowest BCUT2D eigenvalue weighted by molar-refractivity contribution is -0.144. The van der Waals surface area contributed by atoms with Crippen LogP contribution in [0.15, 0.2) is 39.9 Å². The van der Waals surface area contributed by atoms with Gasteiger partial charge in [-0.3, -0.25) is 14.3 Å². The van der Waals surface area contributed by atoms with E-state index >= 15 is 0 Å². The van der Waals surface area contributed by atoms with E-state index in [4.69, 9.17) is 11.6 Å². The minimum absolute atomic E-state index is 0.201. The van der Waals surface area contributed by atoms with Crippen LogP contribution in [-0.2, 0) is 19.1 Å². The van der Waals surface area contributed by atoms with Crippen molar-refractivity contribution in [2.45, 2.75) is 19.1 Å². The molecule has 0 unspecified atom stereocenters. The van der Waals surface area contributed by atoms with Crippen molar-refractivity contribution in [2.75, 3.05) is 0 Å². The summed E-state index contributed by atoms with van der Waals surface area (Å²) in [6.45, 7) is -0.202. The second-order valence-electron chi connectivity index (χ2n) is 4.35. The molecule has 0 bridgehead atoms. The van der Waals surface area contributed by atoms with E-state index in [1.807, 2.05) is 4.98 Å². The molecule has 0 aliphatic carbocycles. The van der Waals surface area contributed by atoms with Gasteiger partial charge in [0.1, 0.15) is 5.69 Å². The first-order chi connectivity index (χ1) is 9.77. The van der Waals surface area contributed by atoms with Crippen LogP contribution in [0.2, 0.25) is 5.02 Å². The third-order valence-corrected chi connectivity index (χ3v) is 3.11. The van der Waals surface area contributed by atoms with Crippen LogP contribution in [0.25, 0.3) is 0 Å². The number of aromatic amines is 1. The van der Waals surface area contributed by atoms with E-state index in [1.165, 1.54) is 0 Å². The summed E-state index contributed by atoms with van der Waals surface area (Å²) in [5.41, 5.74) is -2.69. The minimum atomic E-state index is -4.77. The molecule has 0 fully saturated rings. The van der Waals surface area contributed by atoms with Crippen LogP contribution in [0.3, 0.4) is 0 Å². The van der Waals surface area contributed by atoms with Gasteiger partial charge in [0.2, 0.25) is 0 Å². The summed E-state index contributed by atoms with van der Waals surface area (Å²) in [5.74, 6) is 0. The molecule has 0 saturated carbocycles. The Bertz CT molecular complexity index is 748. The van der Waals surface area contributed by atoms with Crippen molar-refractivity contribution in [1.29, 1.82) is 0 Å². The zero-order valence-electron chi connectivity index (χ0n) is 10.6. The van der Waals surface area contributed by atoms with Gasteiger partial charge in [0, 0.05) is 17.6 Å². The monoisotopic (exact) mass is 318 g/mol. The van der Waals surface area contributed by atoms with Crippen molar-refractivity contribution in [2.24, 2.45) is 0 Å². The Morgan fingerprint density at radius 1 is 1.14 bits per heavy atom. The van der Waals surface area contributed by atoms with E-state index in [9.17, 15) is 22.8 Å². The highest BCUT2D eigenvalue weighted by Gasteiger charge is 2.35. The predicted molar refractivity (Wildman–Crippen MR) is 71.5 cm³/mol. The molecule has 1 aromatic heterocycles. The maximum atomic E-state index is 12.9. The molecule has 0 amide bonds. The summed E-state index contributed by atoms with van der Waals surface area (Å²) >= 11 is 5.71. The zero-order valence-corrected chi connectivity index (χ0v) is 11.3. The Morgan fingerprint density at radius 3 is 2.33 bits per heavy atom. The zero-order chi connectivity index (χ0) is 15.6. The maximum Gasteiger partial charge on any atom is 0.431 e. The van der Waals surface area contributed by atoms with Crippen molar-refractivity contribution in [3.8, 4) is 0 Å². The molecular weight excluding hydrogens is 309 g/mol. The molecule has 0 spiro atoms. The normalized spacial score (nSPS) is 11.6. The number of hydrogen-bond donors (Lipinski definition) is 1. The van der Waals surface area contributed by atoms with E-state index in [0.717, 1.165) is 5.56 Å². The Morgan fingerprint density at radius 2 is 1.76 bits per heavy atom. The van der Waals surface area contributed by atoms with Gasteiger partial charge in [-0.1, -0.05) is 23.7 Å². The molecule has 0 aliphatic heterocycles. The fraction of sp³-hybridized carbons (Fsp3) is 0.231. The van der Waals surface area contributed by atoms with Crippen molar-refractivity contribution >= 4 is 11.6 Å². The van der Waals surface area contributed by atoms with Gasteiger partial charge in [-0.05, 0) is 24.1 Å². The van der Waals surface area contributed by atoms with Gasteiger partial charge < -0.3 is 0 Å². The van der Waals surface area contributed by atoms with Gasteiger partial charge in [0.05, 0.1) is 0 Å². The SMILES string of the molecule is O=c1cc(C(F)(F)F)n(CCc2ccc(Cl)cc2)c(=O)[nH]1. The van der Waals surface area contributed by atoms with Crippen molar-refractivity contribution < 1.29 is 13.2 Å². The third kappa shape index (κ3) is 3.75. The van der Waals surface area contributed by atoms with E-state index in [-0.39, 0.29) is 13.0 Å². The average Bonchev–Trinajstić information content (AvgIpc) is 2.38. The number of H-pyrrole nitrogens is 1. The highest BCUT2D eigenvalue weighted by molar-refractivity contribution is 6.30. The fourth-order valence-corrected chi connectivity index (χ4v) is 2.00. The second-order valence-corrected chi connectivity index (χ2v) is 4.79. The topological polar surface area (TPSA) is 54.9 Å². The molecule has 8 heteroatoms. The minimum Gasteiger partial charge on any atom is -0.289 e. The molecule has 0 saturated heterocycles. The van der Waals surface area contributed by atoms with Crippen LogP contribution in [0.5, 0.6) is 0 Å². The molecule has 0 aliphatic rings. The molecule has 2 rings (SSSR count). The summed E-state index contributed by atoms with van der Waals surface area (Å²) < 4.78 is 39.1. The number of nitrogens with zero attached hydrogens (tertiary/aromatic N) is 1. The van der Waals surface area contributed by atoms with Crippen molar-refractivity contribution in [3.63, 3.8) is 0 Å². The maximum absolute atomic E-state index is 12.9. The summed E-state index contributed by atoms with van der Waals surface area (Å²) in [4.78, 5) is 24.4. The first-order valence-corrected chi connectivity index (χ1v) is 6.31. The first-order valence-electron chi connectivity index (χ1n) is 5.93. The number of nitrogens with one attached hydrogen (secondary N) is 1.